The number of aromatic nitrogens is 2. The number of amides is 1. The number of hydrogen-bond acceptors (Lipinski definition) is 4. The number of nitrogens with zero attached hydrogens (tertiary/aromatic N) is 3. The molecule has 1 aromatic carbocycles. The average Bonchev–Trinajstić information content (AvgIpc) is 3.03. The molecule has 1 aliphatic rings. The third-order valence-electron chi connectivity index (χ3n) is 4.14. The van der Waals surface area contributed by atoms with Gasteiger partial charge in [-0.3, -0.25) is 9.89 Å². The molecule has 1 aromatic heterocycles. The molecule has 6 heteroatoms. The second-order valence-corrected chi connectivity index (χ2v) is 5.79. The van der Waals surface area contributed by atoms with E-state index in [9.17, 15) is 9.90 Å². The second-order valence-electron chi connectivity index (χ2n) is 5.79. The Labute approximate surface area is 123 Å². The van der Waals surface area contributed by atoms with E-state index in [1.165, 1.54) is 0 Å². The highest BCUT2D eigenvalue weighted by Crippen LogP contribution is 2.19. The Kier molecular flexibility index (Phi) is 3.65. The quantitative estimate of drug-likeness (QED) is 0.848. The van der Waals surface area contributed by atoms with E-state index in [4.69, 9.17) is 0 Å². The van der Waals surface area contributed by atoms with Gasteiger partial charge < -0.3 is 14.9 Å². The van der Waals surface area contributed by atoms with E-state index >= 15 is 0 Å². The maximum absolute atomic E-state index is 12.4. The molecule has 21 heavy (non-hydrogen) atoms. The third kappa shape index (κ3) is 2.64. The van der Waals surface area contributed by atoms with Gasteiger partial charge >= 0.3 is 0 Å². The van der Waals surface area contributed by atoms with Gasteiger partial charge in [0.1, 0.15) is 0 Å². The maximum atomic E-state index is 12.4. The molecule has 0 radical (unpaired) electrons. The number of aromatic amines is 1. The molecule has 6 nitrogen and oxygen atoms in total. The summed E-state index contributed by atoms with van der Waals surface area (Å²) in [5.41, 5.74) is 1.70. The van der Waals surface area contributed by atoms with Gasteiger partial charge in [0.05, 0.1) is 29.8 Å². The minimum atomic E-state index is -0.484. The number of rotatable bonds is 3. The van der Waals surface area contributed by atoms with Crippen molar-refractivity contribution >= 4 is 16.8 Å². The van der Waals surface area contributed by atoms with Crippen molar-refractivity contribution in [1.82, 2.24) is 20.0 Å². The molecule has 1 amide bonds. The number of carbonyl (C=O) groups excluding carboxylic acids is 1. The van der Waals surface area contributed by atoms with Crippen LogP contribution in [-0.4, -0.2) is 70.3 Å². The first-order valence-corrected chi connectivity index (χ1v) is 7.10. The normalized spacial score (nSPS) is 22.4. The van der Waals surface area contributed by atoms with Crippen molar-refractivity contribution in [3.8, 4) is 0 Å². The number of aliphatic hydroxyl groups excluding tert-OH is 1. The van der Waals surface area contributed by atoms with Crippen LogP contribution in [0.1, 0.15) is 5.69 Å². The van der Waals surface area contributed by atoms with E-state index in [0.29, 0.717) is 13.1 Å². The maximum Gasteiger partial charge on any atom is 0.228 e. The van der Waals surface area contributed by atoms with Gasteiger partial charge in [0.25, 0.3) is 0 Å². The van der Waals surface area contributed by atoms with Crippen LogP contribution in [0.5, 0.6) is 0 Å². The van der Waals surface area contributed by atoms with Crippen LogP contribution in [0, 0.1) is 0 Å². The lowest BCUT2D eigenvalue weighted by Crippen LogP contribution is -2.38. The Hall–Kier alpha value is -1.92. The monoisotopic (exact) mass is 288 g/mol. The Bertz CT molecular complexity index is 652. The Morgan fingerprint density at radius 1 is 1.43 bits per heavy atom. The number of aliphatic hydroxyl groups is 1. The van der Waals surface area contributed by atoms with Gasteiger partial charge in [-0.05, 0) is 20.2 Å². The Balaban J connectivity index is 1.72. The van der Waals surface area contributed by atoms with Crippen molar-refractivity contribution in [1.29, 1.82) is 0 Å². The fourth-order valence-corrected chi connectivity index (χ4v) is 2.89. The molecule has 0 spiro atoms. The fourth-order valence-electron chi connectivity index (χ4n) is 2.89. The number of β-amino-alcohol motifs (C(OH)–C–C–N with tert-alkyl or cyclic N) is 1. The van der Waals surface area contributed by atoms with E-state index in [1.807, 2.05) is 43.3 Å². The molecule has 2 atom stereocenters. The molecule has 1 fully saturated rings. The summed E-state index contributed by atoms with van der Waals surface area (Å²) in [6, 6.07) is 7.75. The Morgan fingerprint density at radius 3 is 2.90 bits per heavy atom. The smallest absolute Gasteiger partial charge is 0.228 e. The Morgan fingerprint density at radius 2 is 2.19 bits per heavy atom. The molecule has 0 bridgehead atoms. The van der Waals surface area contributed by atoms with Gasteiger partial charge in [0, 0.05) is 18.5 Å². The van der Waals surface area contributed by atoms with Crippen LogP contribution < -0.4 is 0 Å². The molecule has 2 heterocycles. The van der Waals surface area contributed by atoms with E-state index in [-0.39, 0.29) is 18.4 Å². The van der Waals surface area contributed by atoms with Crippen LogP contribution in [0.4, 0.5) is 0 Å². The molecule has 1 aliphatic heterocycles. The summed E-state index contributed by atoms with van der Waals surface area (Å²) in [6.07, 6.45) is -0.199. The zero-order chi connectivity index (χ0) is 15.0. The fraction of sp³-hybridized carbons (Fsp3) is 0.467. The van der Waals surface area contributed by atoms with Crippen LogP contribution in [0.2, 0.25) is 0 Å². The first-order valence-electron chi connectivity index (χ1n) is 7.10. The van der Waals surface area contributed by atoms with Gasteiger partial charge in [-0.15, -0.1) is 0 Å². The highest BCUT2D eigenvalue weighted by Gasteiger charge is 2.35. The summed E-state index contributed by atoms with van der Waals surface area (Å²) in [7, 11) is 3.84. The minimum Gasteiger partial charge on any atom is -0.390 e. The highest BCUT2D eigenvalue weighted by molar-refractivity contribution is 5.87. The van der Waals surface area contributed by atoms with Crippen LogP contribution >= 0.6 is 0 Å². The minimum absolute atomic E-state index is 0.00691. The van der Waals surface area contributed by atoms with Crippen LogP contribution in [-0.2, 0) is 11.2 Å². The topological polar surface area (TPSA) is 72.5 Å². The average molecular weight is 288 g/mol. The molecule has 0 saturated carbocycles. The third-order valence-corrected chi connectivity index (χ3v) is 4.14. The lowest BCUT2D eigenvalue weighted by Gasteiger charge is -2.21. The largest absolute Gasteiger partial charge is 0.390 e. The summed E-state index contributed by atoms with van der Waals surface area (Å²) < 4.78 is 0. The SMILES string of the molecule is CN(C)[C@H]1CN(C(=O)Cc2[nH]nc3ccccc23)C[C@@H]1O. The zero-order valence-electron chi connectivity index (χ0n) is 12.3. The molecular weight excluding hydrogens is 268 g/mol. The van der Waals surface area contributed by atoms with Crippen molar-refractivity contribution in [3.05, 3.63) is 30.0 Å². The molecule has 0 unspecified atom stereocenters. The second kappa shape index (κ2) is 5.46. The van der Waals surface area contributed by atoms with Crippen LogP contribution in [0.3, 0.4) is 0 Å². The lowest BCUT2D eigenvalue weighted by molar-refractivity contribution is -0.129. The van der Waals surface area contributed by atoms with Gasteiger partial charge in [-0.1, -0.05) is 18.2 Å². The lowest BCUT2D eigenvalue weighted by atomic mass is 10.1. The van der Waals surface area contributed by atoms with Crippen LogP contribution in [0.25, 0.3) is 10.9 Å². The highest BCUT2D eigenvalue weighted by atomic mass is 16.3. The van der Waals surface area contributed by atoms with Crippen molar-refractivity contribution < 1.29 is 9.90 Å². The number of benzene rings is 1. The van der Waals surface area contributed by atoms with Gasteiger partial charge in [-0.25, -0.2) is 0 Å². The van der Waals surface area contributed by atoms with Gasteiger partial charge in [0.15, 0.2) is 0 Å². The molecule has 3 rings (SSSR count). The summed E-state index contributed by atoms with van der Waals surface area (Å²) in [4.78, 5) is 16.1. The molecule has 2 aromatic rings. The summed E-state index contributed by atoms with van der Waals surface area (Å²) in [6.45, 7) is 0.965. The van der Waals surface area contributed by atoms with Crippen molar-refractivity contribution in [3.63, 3.8) is 0 Å². The predicted octanol–water partition coefficient (Wildman–Crippen LogP) is 0.239. The van der Waals surface area contributed by atoms with E-state index < -0.39 is 6.10 Å². The molecule has 0 aliphatic carbocycles. The number of para-hydroxylation sites is 1. The number of fused-ring (bicyclic) bond motifs is 1. The van der Waals surface area contributed by atoms with Crippen LogP contribution in [0.15, 0.2) is 24.3 Å². The van der Waals surface area contributed by atoms with E-state index in [1.54, 1.807) is 4.90 Å². The molecule has 112 valence electrons. The first-order chi connectivity index (χ1) is 10.1. The number of H-pyrrole nitrogens is 1. The molecule has 1 saturated heterocycles. The summed E-state index contributed by atoms with van der Waals surface area (Å²) in [5.74, 6) is 0.0211. The number of nitrogens with one attached hydrogen (secondary N) is 1. The summed E-state index contributed by atoms with van der Waals surface area (Å²) in [5, 5.41) is 18.1. The standard InChI is InChI=1S/C15H20N4O2/c1-18(2)13-8-19(9-14(13)20)15(21)7-12-10-5-3-4-6-11(10)16-17-12/h3-6,13-14,20H,7-9H2,1-2H3,(H,16,17)/t13-,14-/m0/s1. The number of likely N-dealkylation sites (tertiary alicyclic amines) is 1. The predicted molar refractivity (Wildman–Crippen MR) is 79.9 cm³/mol. The van der Waals surface area contributed by atoms with Gasteiger partial charge in [-0.2, -0.15) is 5.10 Å². The summed E-state index contributed by atoms with van der Waals surface area (Å²) >= 11 is 0. The van der Waals surface area contributed by atoms with Gasteiger partial charge in [0.2, 0.25) is 5.91 Å². The zero-order valence-corrected chi connectivity index (χ0v) is 12.3. The number of carbonyl (C=O) groups is 1. The number of hydrogen-bond donors (Lipinski definition) is 2. The first kappa shape index (κ1) is 14.0. The molecule has 2 N–H and O–H groups in total. The van der Waals surface area contributed by atoms with Crippen molar-refractivity contribution in [2.24, 2.45) is 0 Å². The van der Waals surface area contributed by atoms with E-state index in [0.717, 1.165) is 16.6 Å². The van der Waals surface area contributed by atoms with Crippen molar-refractivity contribution in [2.75, 3.05) is 27.2 Å². The van der Waals surface area contributed by atoms with Crippen molar-refractivity contribution in [2.45, 2.75) is 18.6 Å². The molecular formula is C15H20N4O2. The number of likely N-dealkylation sites (N-methyl/N-ethyl adjacent to an activating group) is 1. The van der Waals surface area contributed by atoms with E-state index in [2.05, 4.69) is 10.2 Å².